The van der Waals surface area contributed by atoms with Crippen molar-refractivity contribution in [2.45, 2.75) is 18.8 Å². The fourth-order valence-electron chi connectivity index (χ4n) is 2.05. The highest BCUT2D eigenvalue weighted by atomic mass is 32.2. The number of rotatable bonds is 7. The quantitative estimate of drug-likeness (QED) is 0.792. The average Bonchev–Trinajstić information content (AvgIpc) is 2.83. The summed E-state index contributed by atoms with van der Waals surface area (Å²) in [6, 6.07) is 9.34. The van der Waals surface area contributed by atoms with Gasteiger partial charge in [0.15, 0.2) is 0 Å². The minimum atomic E-state index is -3.37. The number of aryl methyl sites for hydroxylation is 1. The minimum absolute atomic E-state index is 0.0304. The summed E-state index contributed by atoms with van der Waals surface area (Å²) in [7, 11) is 0.281. The molecule has 1 aromatic heterocycles. The SMILES string of the molecule is CNCc1cccc(CS(=O)(=O)NCc2ccn(C)n2)c1. The first-order valence-electron chi connectivity index (χ1n) is 6.67. The molecule has 6 nitrogen and oxygen atoms in total. The molecule has 0 atom stereocenters. The Kier molecular flexibility index (Phi) is 5.11. The molecule has 0 aliphatic carbocycles. The maximum Gasteiger partial charge on any atom is 0.216 e. The smallest absolute Gasteiger partial charge is 0.216 e. The first-order valence-corrected chi connectivity index (χ1v) is 8.32. The summed E-state index contributed by atoms with van der Waals surface area (Å²) in [6.45, 7) is 0.925. The van der Waals surface area contributed by atoms with Crippen molar-refractivity contribution in [3.8, 4) is 0 Å². The molecule has 7 heteroatoms. The van der Waals surface area contributed by atoms with Gasteiger partial charge < -0.3 is 5.32 Å². The van der Waals surface area contributed by atoms with Crippen molar-refractivity contribution in [3.63, 3.8) is 0 Å². The molecule has 0 radical (unpaired) electrons. The predicted octanol–water partition coefficient (Wildman–Crippen LogP) is 0.759. The topological polar surface area (TPSA) is 76.0 Å². The van der Waals surface area contributed by atoms with E-state index in [1.807, 2.05) is 31.3 Å². The standard InChI is InChI=1S/C14H20N4O2S/c1-15-9-12-4-3-5-13(8-12)11-21(19,20)16-10-14-6-7-18(2)17-14/h3-8,15-16H,9-11H2,1-2H3. The van der Waals surface area contributed by atoms with Crippen molar-refractivity contribution in [3.05, 3.63) is 53.3 Å². The lowest BCUT2D eigenvalue weighted by Crippen LogP contribution is -2.25. The second kappa shape index (κ2) is 6.84. The van der Waals surface area contributed by atoms with E-state index in [-0.39, 0.29) is 12.3 Å². The van der Waals surface area contributed by atoms with Gasteiger partial charge in [0.2, 0.25) is 10.0 Å². The maximum absolute atomic E-state index is 12.1. The van der Waals surface area contributed by atoms with Crippen LogP contribution in [0.25, 0.3) is 0 Å². The molecule has 1 heterocycles. The van der Waals surface area contributed by atoms with Crippen LogP contribution >= 0.6 is 0 Å². The zero-order valence-corrected chi connectivity index (χ0v) is 13.0. The molecule has 2 N–H and O–H groups in total. The van der Waals surface area contributed by atoms with Gasteiger partial charge in [-0.25, -0.2) is 13.1 Å². The van der Waals surface area contributed by atoms with Crippen molar-refractivity contribution in [1.82, 2.24) is 19.8 Å². The van der Waals surface area contributed by atoms with Crippen molar-refractivity contribution in [1.29, 1.82) is 0 Å². The molecule has 0 unspecified atom stereocenters. The second-order valence-corrected chi connectivity index (χ2v) is 6.72. The van der Waals surface area contributed by atoms with Crippen molar-refractivity contribution in [2.75, 3.05) is 7.05 Å². The van der Waals surface area contributed by atoms with Gasteiger partial charge in [0, 0.05) is 19.8 Å². The van der Waals surface area contributed by atoms with Crippen molar-refractivity contribution < 1.29 is 8.42 Å². The van der Waals surface area contributed by atoms with E-state index in [1.54, 1.807) is 24.0 Å². The molecule has 2 aromatic rings. The number of hydrogen-bond acceptors (Lipinski definition) is 4. The number of nitrogens with zero attached hydrogens (tertiary/aromatic N) is 2. The number of aromatic nitrogens is 2. The van der Waals surface area contributed by atoms with Crippen LogP contribution in [0.1, 0.15) is 16.8 Å². The Morgan fingerprint density at radius 3 is 2.62 bits per heavy atom. The van der Waals surface area contributed by atoms with Gasteiger partial charge in [0.25, 0.3) is 0 Å². The highest BCUT2D eigenvalue weighted by Crippen LogP contribution is 2.09. The molecule has 1 aromatic carbocycles. The number of hydrogen-bond donors (Lipinski definition) is 2. The molecular weight excluding hydrogens is 288 g/mol. The van der Waals surface area contributed by atoms with Crippen LogP contribution in [0.15, 0.2) is 36.5 Å². The van der Waals surface area contributed by atoms with E-state index in [0.29, 0.717) is 5.69 Å². The Morgan fingerprint density at radius 2 is 1.95 bits per heavy atom. The minimum Gasteiger partial charge on any atom is -0.316 e. The summed E-state index contributed by atoms with van der Waals surface area (Å²) in [4.78, 5) is 0. The highest BCUT2D eigenvalue weighted by molar-refractivity contribution is 7.88. The van der Waals surface area contributed by atoms with Crippen LogP contribution in [0.2, 0.25) is 0 Å². The van der Waals surface area contributed by atoms with Crippen LogP contribution in [0.5, 0.6) is 0 Å². The van der Waals surface area contributed by atoms with E-state index in [4.69, 9.17) is 0 Å². The molecular formula is C14H20N4O2S. The summed E-state index contributed by atoms with van der Waals surface area (Å²) < 4.78 is 28.4. The molecule has 0 aliphatic rings. The Bertz CT molecular complexity index is 695. The van der Waals surface area contributed by atoms with E-state index >= 15 is 0 Å². The van der Waals surface area contributed by atoms with E-state index < -0.39 is 10.0 Å². The number of sulfonamides is 1. The molecule has 0 spiro atoms. The normalized spacial score (nSPS) is 11.7. The van der Waals surface area contributed by atoms with E-state index in [2.05, 4.69) is 15.1 Å². The van der Waals surface area contributed by atoms with Crippen molar-refractivity contribution >= 4 is 10.0 Å². The van der Waals surface area contributed by atoms with E-state index in [0.717, 1.165) is 17.7 Å². The van der Waals surface area contributed by atoms with Gasteiger partial charge in [0.05, 0.1) is 18.0 Å². The predicted molar refractivity (Wildman–Crippen MR) is 81.9 cm³/mol. The van der Waals surface area contributed by atoms with Crippen LogP contribution in [0.3, 0.4) is 0 Å². The van der Waals surface area contributed by atoms with Crippen LogP contribution in [-0.2, 0) is 35.9 Å². The van der Waals surface area contributed by atoms with E-state index in [9.17, 15) is 8.42 Å². The molecule has 0 saturated heterocycles. The van der Waals surface area contributed by atoms with E-state index in [1.165, 1.54) is 0 Å². The Morgan fingerprint density at radius 1 is 1.19 bits per heavy atom. The molecule has 0 aliphatic heterocycles. The Hall–Kier alpha value is -1.70. The summed E-state index contributed by atoms with van der Waals surface area (Å²) in [6.07, 6.45) is 1.78. The zero-order valence-electron chi connectivity index (χ0n) is 12.2. The molecule has 0 bridgehead atoms. The molecule has 114 valence electrons. The average molecular weight is 308 g/mol. The molecule has 21 heavy (non-hydrogen) atoms. The third-order valence-corrected chi connectivity index (χ3v) is 4.27. The largest absolute Gasteiger partial charge is 0.316 e. The number of nitrogens with one attached hydrogen (secondary N) is 2. The number of benzene rings is 1. The fourth-order valence-corrected chi connectivity index (χ4v) is 3.13. The van der Waals surface area contributed by atoms with Gasteiger partial charge in [-0.05, 0) is 24.2 Å². The summed E-state index contributed by atoms with van der Waals surface area (Å²) >= 11 is 0. The fraction of sp³-hybridized carbons (Fsp3) is 0.357. The highest BCUT2D eigenvalue weighted by Gasteiger charge is 2.12. The third kappa shape index (κ3) is 4.96. The Labute approximate surface area is 125 Å². The summed E-state index contributed by atoms with van der Waals surface area (Å²) in [5.74, 6) is -0.0304. The molecule has 2 rings (SSSR count). The Balaban J connectivity index is 1.98. The molecule has 0 saturated carbocycles. The van der Waals surface area contributed by atoms with Gasteiger partial charge in [-0.3, -0.25) is 4.68 Å². The van der Waals surface area contributed by atoms with Crippen LogP contribution in [-0.4, -0.2) is 25.2 Å². The van der Waals surface area contributed by atoms with Crippen LogP contribution in [0.4, 0.5) is 0 Å². The molecule has 0 fully saturated rings. The lowest BCUT2D eigenvalue weighted by Gasteiger charge is -2.07. The summed E-state index contributed by atoms with van der Waals surface area (Å²) in [5.41, 5.74) is 2.54. The van der Waals surface area contributed by atoms with Gasteiger partial charge in [-0.2, -0.15) is 5.10 Å². The lowest BCUT2D eigenvalue weighted by atomic mass is 10.1. The van der Waals surface area contributed by atoms with Crippen molar-refractivity contribution in [2.24, 2.45) is 7.05 Å². The molecule has 0 amide bonds. The first-order chi connectivity index (χ1) is 9.98. The zero-order chi connectivity index (χ0) is 15.3. The summed E-state index contributed by atoms with van der Waals surface area (Å²) in [5, 5.41) is 7.19. The van der Waals surface area contributed by atoms with Gasteiger partial charge >= 0.3 is 0 Å². The third-order valence-electron chi connectivity index (χ3n) is 2.97. The lowest BCUT2D eigenvalue weighted by molar-refractivity contribution is 0.578. The second-order valence-electron chi connectivity index (χ2n) is 4.91. The van der Waals surface area contributed by atoms with Gasteiger partial charge in [0.1, 0.15) is 0 Å². The monoisotopic (exact) mass is 308 g/mol. The van der Waals surface area contributed by atoms with Crippen LogP contribution in [0, 0.1) is 0 Å². The van der Waals surface area contributed by atoms with Gasteiger partial charge in [-0.15, -0.1) is 0 Å². The first kappa shape index (κ1) is 15.7. The van der Waals surface area contributed by atoms with Gasteiger partial charge in [-0.1, -0.05) is 24.3 Å². The van der Waals surface area contributed by atoms with Crippen LogP contribution < -0.4 is 10.0 Å². The maximum atomic E-state index is 12.1.